The van der Waals surface area contributed by atoms with Crippen LogP contribution in [-0.2, 0) is 22.4 Å². The lowest BCUT2D eigenvalue weighted by molar-refractivity contribution is -0.114. The topological polar surface area (TPSA) is 40.6 Å². The van der Waals surface area contributed by atoms with Crippen molar-refractivity contribution in [2.24, 2.45) is 11.8 Å². The molecule has 4 aromatic rings. The maximum absolute atomic E-state index is 16.0. The van der Waals surface area contributed by atoms with Crippen LogP contribution in [0.5, 0.6) is 0 Å². The predicted octanol–water partition coefficient (Wildman–Crippen LogP) is 26.3. The Bertz CT molecular complexity index is 2320. The molecule has 4 nitrogen and oxygen atoms in total. The number of nitrogens with zero attached hydrogens (tertiary/aromatic N) is 2. The summed E-state index contributed by atoms with van der Waals surface area (Å²) >= 11 is 3.71. The number of benzene rings is 2. The van der Waals surface area contributed by atoms with Crippen molar-refractivity contribution in [3.05, 3.63) is 81.5 Å². The Balaban J connectivity index is 1.33. The maximum Gasteiger partial charge on any atom is 0.259 e. The Morgan fingerprint density at radius 1 is 0.326 bits per heavy atom. The second-order valence-electron chi connectivity index (χ2n) is 27.1. The number of unbranched alkanes of at least 4 members (excludes halogenated alkanes) is 34. The molecule has 4 heterocycles. The van der Waals surface area contributed by atoms with E-state index in [1.165, 1.54) is 289 Å². The third-order valence-corrected chi connectivity index (χ3v) is 21.6. The molecule has 0 aliphatic carbocycles. The number of anilines is 2. The maximum atomic E-state index is 16.0. The number of thiophene rings is 2. The van der Waals surface area contributed by atoms with Gasteiger partial charge in [0.2, 0.25) is 0 Å². The molecule has 2 unspecified atom stereocenters. The van der Waals surface area contributed by atoms with Crippen molar-refractivity contribution in [3.8, 4) is 20.9 Å². The Labute approximate surface area is 537 Å². The van der Waals surface area contributed by atoms with E-state index in [0.29, 0.717) is 36.1 Å². The molecule has 6 rings (SSSR count). The molecule has 86 heavy (non-hydrogen) atoms. The van der Waals surface area contributed by atoms with Crippen LogP contribution in [0.15, 0.2) is 59.3 Å². The zero-order valence-electron chi connectivity index (χ0n) is 56.4. The minimum absolute atomic E-state index is 0.0322. The van der Waals surface area contributed by atoms with E-state index in [0.717, 1.165) is 61.0 Å². The van der Waals surface area contributed by atoms with Gasteiger partial charge in [0.25, 0.3) is 11.8 Å². The van der Waals surface area contributed by atoms with Crippen molar-refractivity contribution < 1.29 is 9.59 Å². The summed E-state index contributed by atoms with van der Waals surface area (Å²) in [5.74, 6) is 0.896. The molecular formula is C80H126N2O2S2. The fourth-order valence-corrected chi connectivity index (χ4v) is 16.0. The van der Waals surface area contributed by atoms with Crippen molar-refractivity contribution in [1.29, 1.82) is 0 Å². The molecule has 2 amide bonds. The van der Waals surface area contributed by atoms with E-state index in [2.05, 4.69) is 111 Å². The van der Waals surface area contributed by atoms with Gasteiger partial charge in [-0.25, -0.2) is 0 Å². The average Bonchev–Trinajstić information content (AvgIpc) is 1.61. The van der Waals surface area contributed by atoms with Crippen LogP contribution in [0, 0.1) is 11.8 Å². The van der Waals surface area contributed by atoms with Gasteiger partial charge in [-0.15, -0.1) is 22.7 Å². The highest BCUT2D eigenvalue weighted by molar-refractivity contribution is 7.14. The summed E-state index contributed by atoms with van der Waals surface area (Å²) < 4.78 is 0. The number of fused-ring (bicyclic) bond motifs is 2. The molecule has 0 spiro atoms. The van der Waals surface area contributed by atoms with Crippen molar-refractivity contribution >= 4 is 57.0 Å². The normalized spacial score (nSPS) is 14.8. The Kier molecular flexibility index (Phi) is 36.0. The van der Waals surface area contributed by atoms with Gasteiger partial charge in [0.05, 0.1) is 22.5 Å². The standard InChI is InChI=1S/C80H126N2O2S2/c1-7-13-19-25-29-31-33-35-39-45-51-67-57-75(85-63-67)69-53-55-71-73(59-69)81(61-65(47-41-23-17-11-5)49-43-37-27-21-15-9-3)79(83)77(71)78-72-56-54-70(76-58-68(64-86-76)52-46-40-36-34-32-30-26-20-14-8-2)60-74(72)82(80(78)84)62-66(48-42-24-18-12-6)50-44-38-28-22-16-10-4/h53-60,63-66H,7-52,61-62H2,1-6H3. The van der Waals surface area contributed by atoms with Gasteiger partial charge in [-0.3, -0.25) is 9.59 Å². The van der Waals surface area contributed by atoms with Crippen LogP contribution in [0.4, 0.5) is 11.4 Å². The SMILES string of the molecule is CCCCCCCCCCCCc1csc(-c2ccc3c(c2)N(CC(CCCCCC)CCCCCCCC)C(=O)C3=C2C(=O)N(CC(CCCCCC)CCCCCCCC)c3cc(-c4cc(CCCCCCCCCCCC)cs4)ccc32)c1. The monoisotopic (exact) mass is 1210 g/mol. The van der Waals surface area contributed by atoms with E-state index < -0.39 is 0 Å². The van der Waals surface area contributed by atoms with Crippen molar-refractivity contribution in [3.63, 3.8) is 0 Å². The fourth-order valence-electron chi connectivity index (χ4n) is 14.1. The third-order valence-electron chi connectivity index (χ3n) is 19.5. The van der Waals surface area contributed by atoms with Crippen LogP contribution in [0.2, 0.25) is 0 Å². The van der Waals surface area contributed by atoms with Gasteiger partial charge < -0.3 is 9.80 Å². The molecule has 2 aromatic carbocycles. The molecule has 0 N–H and O–H groups in total. The van der Waals surface area contributed by atoms with E-state index in [1.54, 1.807) is 0 Å². The minimum Gasteiger partial charge on any atom is -0.307 e. The number of carbonyl (C=O) groups is 2. The van der Waals surface area contributed by atoms with E-state index in [9.17, 15) is 0 Å². The van der Waals surface area contributed by atoms with Crippen LogP contribution in [0.3, 0.4) is 0 Å². The fraction of sp³-hybridized carbons (Fsp3) is 0.700. The first-order valence-electron chi connectivity index (χ1n) is 37.2. The highest BCUT2D eigenvalue weighted by atomic mass is 32.1. The van der Waals surface area contributed by atoms with Gasteiger partial charge in [-0.2, -0.15) is 0 Å². The van der Waals surface area contributed by atoms with Gasteiger partial charge in [-0.05, 0) is 120 Å². The lowest BCUT2D eigenvalue weighted by atomic mass is 9.93. The number of amides is 2. The van der Waals surface area contributed by atoms with E-state index in [-0.39, 0.29) is 11.8 Å². The van der Waals surface area contributed by atoms with Crippen LogP contribution < -0.4 is 9.80 Å². The Morgan fingerprint density at radius 3 is 0.895 bits per heavy atom. The first kappa shape index (κ1) is 71.6. The molecule has 2 aromatic heterocycles. The zero-order valence-corrected chi connectivity index (χ0v) is 58.0. The van der Waals surface area contributed by atoms with E-state index >= 15 is 9.59 Å². The molecule has 2 atom stereocenters. The Morgan fingerprint density at radius 2 is 0.593 bits per heavy atom. The van der Waals surface area contributed by atoms with Gasteiger partial charge in [0.15, 0.2) is 0 Å². The highest BCUT2D eigenvalue weighted by Crippen LogP contribution is 2.50. The van der Waals surface area contributed by atoms with Crippen molar-refractivity contribution in [2.45, 2.75) is 337 Å². The smallest absolute Gasteiger partial charge is 0.259 e. The van der Waals surface area contributed by atoms with Crippen molar-refractivity contribution in [2.75, 3.05) is 22.9 Å². The molecule has 480 valence electrons. The number of carbonyl (C=O) groups excluding carboxylic acids is 2. The molecule has 0 radical (unpaired) electrons. The van der Waals surface area contributed by atoms with Crippen LogP contribution in [-0.4, -0.2) is 24.9 Å². The van der Waals surface area contributed by atoms with Crippen LogP contribution >= 0.6 is 22.7 Å². The highest BCUT2D eigenvalue weighted by Gasteiger charge is 2.43. The van der Waals surface area contributed by atoms with Crippen molar-refractivity contribution in [1.82, 2.24) is 0 Å². The molecule has 0 fully saturated rings. The van der Waals surface area contributed by atoms with Gasteiger partial charge in [0.1, 0.15) is 0 Å². The largest absolute Gasteiger partial charge is 0.307 e. The summed E-state index contributed by atoms with van der Waals surface area (Å²) in [5, 5.41) is 4.77. The molecule has 0 saturated heterocycles. The number of hydrogen-bond acceptors (Lipinski definition) is 4. The molecule has 2 aliphatic heterocycles. The van der Waals surface area contributed by atoms with Crippen LogP contribution in [0.25, 0.3) is 32.0 Å². The second-order valence-corrected chi connectivity index (χ2v) is 28.9. The summed E-state index contributed by atoms with van der Waals surface area (Å²) in [6.45, 7) is 15.2. The molecule has 2 aliphatic rings. The number of rotatable bonds is 52. The minimum atomic E-state index is 0.0322. The first-order chi connectivity index (χ1) is 42.3. The zero-order chi connectivity index (χ0) is 60.8. The number of hydrogen-bond donors (Lipinski definition) is 0. The molecule has 0 bridgehead atoms. The quantitative estimate of drug-likeness (QED) is 0.0327. The summed E-state index contributed by atoms with van der Waals surface area (Å²) in [7, 11) is 0. The Hall–Kier alpha value is -3.48. The predicted molar refractivity (Wildman–Crippen MR) is 383 cm³/mol. The second kappa shape index (κ2) is 43.3. The van der Waals surface area contributed by atoms with Gasteiger partial charge in [0, 0.05) is 34.0 Å². The summed E-state index contributed by atoms with van der Waals surface area (Å²) in [5.41, 5.74) is 10.4. The molecular weight excluding hydrogens is 1090 g/mol. The summed E-state index contributed by atoms with van der Waals surface area (Å²) in [6.07, 6.45) is 59.2. The summed E-state index contributed by atoms with van der Waals surface area (Å²) in [4.78, 5) is 38.8. The average molecular weight is 1210 g/mol. The van der Waals surface area contributed by atoms with E-state index in [4.69, 9.17) is 0 Å². The number of aryl methyl sites for hydroxylation is 2. The van der Waals surface area contributed by atoms with E-state index in [1.807, 2.05) is 22.7 Å². The lowest BCUT2D eigenvalue weighted by Gasteiger charge is -2.25. The lowest BCUT2D eigenvalue weighted by Crippen LogP contribution is -2.34. The molecule has 0 saturated carbocycles. The van der Waals surface area contributed by atoms with Gasteiger partial charge >= 0.3 is 0 Å². The van der Waals surface area contributed by atoms with Crippen LogP contribution in [0.1, 0.15) is 346 Å². The first-order valence-corrected chi connectivity index (χ1v) is 38.9. The molecule has 6 heteroatoms. The summed E-state index contributed by atoms with van der Waals surface area (Å²) in [6, 6.07) is 18.5. The third kappa shape index (κ3) is 24.4. The van der Waals surface area contributed by atoms with Gasteiger partial charge in [-0.1, -0.05) is 310 Å².